The quantitative estimate of drug-likeness (QED) is 0.909. The number of aromatic hydroxyl groups is 1. The minimum Gasteiger partial charge on any atom is -0.504 e. The van der Waals surface area contributed by atoms with Gasteiger partial charge in [0.25, 0.3) is 0 Å². The van der Waals surface area contributed by atoms with Crippen molar-refractivity contribution in [3.63, 3.8) is 0 Å². The molecule has 4 nitrogen and oxygen atoms in total. The van der Waals surface area contributed by atoms with Crippen LogP contribution < -0.4 is 4.74 Å². The van der Waals surface area contributed by atoms with Crippen LogP contribution in [0.25, 0.3) is 0 Å². The minimum absolute atomic E-state index is 0.104. The maximum Gasteiger partial charge on any atom is 0.227 e. The number of carbonyl (C=O) groups is 1. The zero-order valence-corrected chi connectivity index (χ0v) is 15.1. The summed E-state index contributed by atoms with van der Waals surface area (Å²) in [4.78, 5) is 15.1. The fourth-order valence-corrected chi connectivity index (χ4v) is 4.68. The van der Waals surface area contributed by atoms with Crippen LogP contribution in [0.1, 0.15) is 42.7 Å². The summed E-state index contributed by atoms with van der Waals surface area (Å²) in [6.45, 7) is 0. The Morgan fingerprint density at radius 1 is 1.12 bits per heavy atom. The summed E-state index contributed by atoms with van der Waals surface area (Å²) in [5.41, 5.74) is 2.29. The molecule has 2 heterocycles. The number of ether oxygens (including phenoxy) is 1. The third-order valence-corrected chi connectivity index (χ3v) is 5.89. The Labute approximate surface area is 154 Å². The molecule has 2 aliphatic heterocycles. The second-order valence-electron chi connectivity index (χ2n) is 7.45. The summed E-state index contributed by atoms with van der Waals surface area (Å²) in [6.07, 6.45) is 4.70. The van der Waals surface area contributed by atoms with Crippen molar-refractivity contribution in [2.24, 2.45) is 0 Å². The lowest BCUT2D eigenvalue weighted by Crippen LogP contribution is -2.46. The molecule has 2 aromatic rings. The zero-order chi connectivity index (χ0) is 18.1. The van der Waals surface area contributed by atoms with E-state index in [4.69, 9.17) is 4.74 Å². The molecular weight excluding hydrogens is 326 g/mol. The number of phenolic OH excluding ortho intramolecular Hbond substituents is 1. The van der Waals surface area contributed by atoms with Crippen molar-refractivity contribution in [1.82, 2.24) is 4.90 Å². The van der Waals surface area contributed by atoms with Crippen molar-refractivity contribution in [2.45, 2.75) is 50.1 Å². The van der Waals surface area contributed by atoms with E-state index in [1.54, 1.807) is 18.2 Å². The molecular formula is C22H25NO3. The number of piperidine rings is 1. The molecule has 2 fully saturated rings. The van der Waals surface area contributed by atoms with Crippen LogP contribution in [0.15, 0.2) is 48.5 Å². The summed E-state index contributed by atoms with van der Waals surface area (Å²) < 4.78 is 5.16. The summed E-state index contributed by atoms with van der Waals surface area (Å²) in [5, 5.41) is 9.73. The van der Waals surface area contributed by atoms with Crippen LogP contribution in [0, 0.1) is 0 Å². The first-order valence-electron chi connectivity index (χ1n) is 9.37. The lowest BCUT2D eigenvalue weighted by molar-refractivity contribution is -0.135. The van der Waals surface area contributed by atoms with Crippen LogP contribution >= 0.6 is 0 Å². The highest BCUT2D eigenvalue weighted by Gasteiger charge is 2.43. The number of hydrogen-bond donors (Lipinski definition) is 1. The van der Waals surface area contributed by atoms with E-state index in [9.17, 15) is 9.90 Å². The van der Waals surface area contributed by atoms with Crippen molar-refractivity contribution in [3.05, 3.63) is 59.7 Å². The highest BCUT2D eigenvalue weighted by molar-refractivity contribution is 5.80. The summed E-state index contributed by atoms with van der Waals surface area (Å²) in [7, 11) is 1.52. The van der Waals surface area contributed by atoms with Gasteiger partial charge in [0.2, 0.25) is 5.91 Å². The zero-order valence-electron chi connectivity index (χ0n) is 15.1. The highest BCUT2D eigenvalue weighted by atomic mass is 16.5. The van der Waals surface area contributed by atoms with Gasteiger partial charge in [0.05, 0.1) is 13.5 Å². The number of carbonyl (C=O) groups excluding carboxylic acids is 1. The molecule has 2 bridgehead atoms. The number of hydrogen-bond acceptors (Lipinski definition) is 3. The molecule has 26 heavy (non-hydrogen) atoms. The fourth-order valence-electron chi connectivity index (χ4n) is 4.68. The van der Waals surface area contributed by atoms with E-state index >= 15 is 0 Å². The Kier molecular flexibility index (Phi) is 4.58. The maximum absolute atomic E-state index is 13.0. The summed E-state index contributed by atoms with van der Waals surface area (Å²) in [6, 6.07) is 16.5. The number of fused-ring (bicyclic) bond motifs is 2. The molecule has 4 heteroatoms. The lowest BCUT2D eigenvalue weighted by atomic mass is 9.85. The highest BCUT2D eigenvalue weighted by Crippen LogP contribution is 2.43. The second kappa shape index (κ2) is 7.02. The van der Waals surface area contributed by atoms with Gasteiger partial charge in [0, 0.05) is 12.1 Å². The summed E-state index contributed by atoms with van der Waals surface area (Å²) >= 11 is 0. The van der Waals surface area contributed by atoms with Gasteiger partial charge in [-0.25, -0.2) is 0 Å². The molecule has 0 saturated carbocycles. The molecule has 0 aliphatic carbocycles. The molecule has 0 spiro atoms. The van der Waals surface area contributed by atoms with Gasteiger partial charge >= 0.3 is 0 Å². The van der Waals surface area contributed by atoms with Crippen molar-refractivity contribution in [1.29, 1.82) is 0 Å². The van der Waals surface area contributed by atoms with Crippen LogP contribution in [0.2, 0.25) is 0 Å². The van der Waals surface area contributed by atoms with Gasteiger partial charge in [0.1, 0.15) is 0 Å². The topological polar surface area (TPSA) is 49.8 Å². The first-order valence-corrected chi connectivity index (χ1v) is 9.37. The average molecular weight is 351 g/mol. The first-order chi connectivity index (χ1) is 12.7. The van der Waals surface area contributed by atoms with Gasteiger partial charge in [-0.15, -0.1) is 0 Å². The van der Waals surface area contributed by atoms with E-state index in [0.717, 1.165) is 31.2 Å². The molecule has 1 amide bonds. The number of nitrogens with zero attached hydrogens (tertiary/aromatic N) is 1. The third kappa shape index (κ3) is 3.16. The number of benzene rings is 2. The molecule has 136 valence electrons. The standard InChI is InChI=1S/C22H25NO3/c1-26-21-11-15(7-10-20(21)24)12-22(25)23-18-8-9-19(23)14-17(13-18)16-5-3-2-4-6-16/h2-7,10-11,17-19,24H,8-9,12-14H2,1H3/t17?,18-,19+. The largest absolute Gasteiger partial charge is 0.504 e. The average Bonchev–Trinajstić information content (AvgIpc) is 2.94. The maximum atomic E-state index is 13.0. The lowest BCUT2D eigenvalue weighted by Gasteiger charge is -2.39. The van der Waals surface area contributed by atoms with Crippen molar-refractivity contribution >= 4 is 5.91 Å². The molecule has 1 N–H and O–H groups in total. The van der Waals surface area contributed by atoms with Crippen LogP contribution in [-0.2, 0) is 11.2 Å². The van der Waals surface area contributed by atoms with Gasteiger partial charge in [-0.1, -0.05) is 36.4 Å². The molecule has 2 saturated heterocycles. The Morgan fingerprint density at radius 3 is 2.46 bits per heavy atom. The van der Waals surface area contributed by atoms with Crippen LogP contribution in [0.3, 0.4) is 0 Å². The Balaban J connectivity index is 1.47. The molecule has 0 radical (unpaired) electrons. The molecule has 3 atom stereocenters. The Hall–Kier alpha value is -2.49. The predicted molar refractivity (Wildman–Crippen MR) is 100 cm³/mol. The van der Waals surface area contributed by atoms with E-state index < -0.39 is 0 Å². The molecule has 4 rings (SSSR count). The number of amides is 1. The van der Waals surface area contributed by atoms with Gasteiger partial charge in [-0.05, 0) is 54.9 Å². The van der Waals surface area contributed by atoms with Gasteiger partial charge in [0.15, 0.2) is 11.5 Å². The van der Waals surface area contributed by atoms with E-state index in [2.05, 4.69) is 35.2 Å². The smallest absolute Gasteiger partial charge is 0.227 e. The van der Waals surface area contributed by atoms with Crippen molar-refractivity contribution in [3.8, 4) is 11.5 Å². The number of rotatable bonds is 4. The normalized spacial score (nSPS) is 24.5. The predicted octanol–water partition coefficient (Wildman–Crippen LogP) is 3.88. The van der Waals surface area contributed by atoms with Gasteiger partial charge < -0.3 is 14.7 Å². The third-order valence-electron chi connectivity index (χ3n) is 5.89. The fraction of sp³-hybridized carbons (Fsp3) is 0.409. The summed E-state index contributed by atoms with van der Waals surface area (Å²) in [5.74, 6) is 1.27. The van der Waals surface area contributed by atoms with Gasteiger partial charge in [-0.3, -0.25) is 4.79 Å². The molecule has 2 aliphatic rings. The minimum atomic E-state index is 0.104. The molecule has 1 unspecified atom stereocenters. The second-order valence-corrected chi connectivity index (χ2v) is 7.45. The van der Waals surface area contributed by atoms with Crippen molar-refractivity contribution in [2.75, 3.05) is 7.11 Å². The van der Waals surface area contributed by atoms with Crippen molar-refractivity contribution < 1.29 is 14.6 Å². The Morgan fingerprint density at radius 2 is 1.81 bits per heavy atom. The SMILES string of the molecule is COc1cc(CC(=O)N2[C@@H]3CC[C@H]2CC(c2ccccc2)C3)ccc1O. The Bertz CT molecular complexity index is 775. The van der Waals surface area contributed by atoms with Crippen LogP contribution in [0.5, 0.6) is 11.5 Å². The molecule has 2 aromatic carbocycles. The van der Waals surface area contributed by atoms with Crippen LogP contribution in [0.4, 0.5) is 0 Å². The first kappa shape index (κ1) is 17.0. The van der Waals surface area contributed by atoms with E-state index in [1.165, 1.54) is 12.7 Å². The number of phenols is 1. The van der Waals surface area contributed by atoms with E-state index in [1.807, 2.05) is 0 Å². The van der Waals surface area contributed by atoms with E-state index in [0.29, 0.717) is 30.2 Å². The van der Waals surface area contributed by atoms with Gasteiger partial charge in [-0.2, -0.15) is 0 Å². The number of methoxy groups -OCH3 is 1. The molecule has 0 aromatic heterocycles. The monoisotopic (exact) mass is 351 g/mol. The van der Waals surface area contributed by atoms with E-state index in [-0.39, 0.29) is 11.7 Å². The van der Waals surface area contributed by atoms with Crippen LogP contribution in [-0.4, -0.2) is 35.1 Å².